The van der Waals surface area contributed by atoms with E-state index in [4.69, 9.17) is 0 Å². The molecule has 0 aliphatic carbocycles. The first kappa shape index (κ1) is 8.19. The van der Waals surface area contributed by atoms with Gasteiger partial charge in [-0.3, -0.25) is 10.0 Å². The molecule has 0 aromatic heterocycles. The van der Waals surface area contributed by atoms with E-state index in [0.717, 1.165) is 17.9 Å². The summed E-state index contributed by atoms with van der Waals surface area (Å²) < 4.78 is 0. The van der Waals surface area contributed by atoms with Crippen molar-refractivity contribution >= 4 is 0 Å². The molecule has 70 valence electrons. The Labute approximate surface area is 78.1 Å². The van der Waals surface area contributed by atoms with Gasteiger partial charge in [0.15, 0.2) is 0 Å². The van der Waals surface area contributed by atoms with Gasteiger partial charge in [-0.1, -0.05) is 0 Å². The predicted molar refractivity (Wildman–Crippen MR) is 51.7 cm³/mol. The number of hydrogen-bond acceptors (Lipinski definition) is 4. The van der Waals surface area contributed by atoms with Crippen molar-refractivity contribution in [2.75, 3.05) is 13.6 Å². The zero-order chi connectivity index (χ0) is 9.26. The average Bonchev–Trinajstić information content (AvgIpc) is 2.44. The molecule has 0 aromatic carbocycles. The largest absolute Gasteiger partial charge is 0.384 e. The maximum Gasteiger partial charge on any atom is 0.0764 e. The molecule has 2 heterocycles. The number of hydrogen-bond donors (Lipinski definition) is 2. The van der Waals surface area contributed by atoms with Gasteiger partial charge in [-0.2, -0.15) is 0 Å². The van der Waals surface area contributed by atoms with Crippen LogP contribution in [0.25, 0.3) is 0 Å². The van der Waals surface area contributed by atoms with Crippen LogP contribution in [0.3, 0.4) is 0 Å². The minimum absolute atomic E-state index is 0.943. The van der Waals surface area contributed by atoms with Crippen molar-refractivity contribution in [3.63, 3.8) is 0 Å². The van der Waals surface area contributed by atoms with Gasteiger partial charge in [-0.05, 0) is 19.1 Å². The average molecular weight is 178 g/mol. The number of allylic oxidation sites excluding steroid dienone is 2. The first-order chi connectivity index (χ1) is 6.29. The molecule has 13 heavy (non-hydrogen) atoms. The predicted octanol–water partition coefficient (Wildman–Crippen LogP) is 0.516. The second-order valence-corrected chi connectivity index (χ2v) is 3.08. The highest BCUT2D eigenvalue weighted by Crippen LogP contribution is 2.17. The fraction of sp³-hybridized carbons (Fsp3) is 0.333. The van der Waals surface area contributed by atoms with Crippen molar-refractivity contribution in [1.82, 2.24) is 20.9 Å². The second kappa shape index (κ2) is 3.14. The second-order valence-electron chi connectivity index (χ2n) is 3.08. The topological polar surface area (TPSA) is 30.5 Å². The number of nitrogens with zero attached hydrogens (tertiary/aromatic N) is 2. The number of rotatable bonds is 2. The SMILES string of the molecule is CCNC1=CN2NN(C)C=C2C=C1. The highest BCUT2D eigenvalue weighted by Gasteiger charge is 2.16. The van der Waals surface area contributed by atoms with Crippen LogP contribution in [-0.4, -0.2) is 23.6 Å². The van der Waals surface area contributed by atoms with Crippen LogP contribution >= 0.6 is 0 Å². The lowest BCUT2D eigenvalue weighted by atomic mass is 10.3. The Morgan fingerprint density at radius 3 is 3.00 bits per heavy atom. The van der Waals surface area contributed by atoms with Crippen molar-refractivity contribution in [3.8, 4) is 0 Å². The van der Waals surface area contributed by atoms with E-state index < -0.39 is 0 Å². The Morgan fingerprint density at radius 2 is 2.23 bits per heavy atom. The molecule has 0 saturated heterocycles. The fourth-order valence-electron chi connectivity index (χ4n) is 1.41. The number of hydrazine groups is 2. The summed E-state index contributed by atoms with van der Waals surface area (Å²) in [6.07, 6.45) is 8.23. The molecule has 0 amide bonds. The van der Waals surface area contributed by atoms with Crippen LogP contribution in [0.1, 0.15) is 6.92 Å². The van der Waals surface area contributed by atoms with Gasteiger partial charge in [0, 0.05) is 26.0 Å². The van der Waals surface area contributed by atoms with Gasteiger partial charge in [0.25, 0.3) is 0 Å². The van der Waals surface area contributed by atoms with E-state index in [9.17, 15) is 0 Å². The Hall–Kier alpha value is -1.42. The van der Waals surface area contributed by atoms with E-state index in [1.807, 2.05) is 29.5 Å². The molecule has 2 aliphatic rings. The molecule has 0 spiro atoms. The molecule has 0 saturated carbocycles. The monoisotopic (exact) mass is 178 g/mol. The summed E-state index contributed by atoms with van der Waals surface area (Å²) in [5, 5.41) is 7.16. The zero-order valence-electron chi connectivity index (χ0n) is 7.91. The van der Waals surface area contributed by atoms with Gasteiger partial charge < -0.3 is 5.32 Å². The summed E-state index contributed by atoms with van der Waals surface area (Å²) >= 11 is 0. The highest BCUT2D eigenvalue weighted by atomic mass is 15.8. The molecule has 4 nitrogen and oxygen atoms in total. The Morgan fingerprint density at radius 1 is 1.38 bits per heavy atom. The minimum Gasteiger partial charge on any atom is -0.384 e. The summed E-state index contributed by atoms with van der Waals surface area (Å²) in [5.41, 5.74) is 5.43. The van der Waals surface area contributed by atoms with Gasteiger partial charge in [0.1, 0.15) is 0 Å². The van der Waals surface area contributed by atoms with Gasteiger partial charge in [0.2, 0.25) is 0 Å². The fourth-order valence-corrected chi connectivity index (χ4v) is 1.41. The van der Waals surface area contributed by atoms with Crippen LogP contribution in [0.15, 0.2) is 35.9 Å². The molecule has 0 fully saturated rings. The van der Waals surface area contributed by atoms with E-state index in [1.165, 1.54) is 0 Å². The number of fused-ring (bicyclic) bond motifs is 1. The quantitative estimate of drug-likeness (QED) is 0.645. The van der Waals surface area contributed by atoms with Crippen LogP contribution in [0.5, 0.6) is 0 Å². The normalized spacial score (nSPS) is 19.8. The summed E-state index contributed by atoms with van der Waals surface area (Å²) in [7, 11) is 1.97. The third kappa shape index (κ3) is 1.53. The molecular formula is C9H14N4. The molecule has 0 radical (unpaired) electrons. The van der Waals surface area contributed by atoms with Crippen molar-refractivity contribution < 1.29 is 0 Å². The van der Waals surface area contributed by atoms with Crippen molar-refractivity contribution in [1.29, 1.82) is 0 Å². The van der Waals surface area contributed by atoms with Gasteiger partial charge in [0.05, 0.1) is 11.4 Å². The van der Waals surface area contributed by atoms with E-state index in [0.29, 0.717) is 0 Å². The lowest BCUT2D eigenvalue weighted by molar-refractivity contribution is 0.205. The van der Waals surface area contributed by atoms with Gasteiger partial charge in [-0.25, -0.2) is 0 Å². The Bertz CT molecular complexity index is 290. The maximum atomic E-state index is 3.26. The van der Waals surface area contributed by atoms with Crippen LogP contribution < -0.4 is 10.9 Å². The zero-order valence-corrected chi connectivity index (χ0v) is 7.91. The third-order valence-electron chi connectivity index (χ3n) is 1.95. The van der Waals surface area contributed by atoms with E-state index in [1.54, 1.807) is 0 Å². The number of nitrogens with one attached hydrogen (secondary N) is 2. The van der Waals surface area contributed by atoms with Crippen molar-refractivity contribution in [2.45, 2.75) is 6.92 Å². The first-order valence-corrected chi connectivity index (χ1v) is 4.43. The van der Waals surface area contributed by atoms with Crippen molar-refractivity contribution in [3.05, 3.63) is 35.9 Å². The molecular weight excluding hydrogens is 164 g/mol. The molecule has 0 atom stereocenters. The van der Waals surface area contributed by atoms with Crippen LogP contribution in [0.4, 0.5) is 0 Å². The Balaban J connectivity index is 2.13. The lowest BCUT2D eigenvalue weighted by Crippen LogP contribution is -2.36. The molecule has 2 rings (SSSR count). The highest BCUT2D eigenvalue weighted by molar-refractivity contribution is 5.33. The van der Waals surface area contributed by atoms with E-state index >= 15 is 0 Å². The van der Waals surface area contributed by atoms with E-state index in [-0.39, 0.29) is 0 Å². The first-order valence-electron chi connectivity index (χ1n) is 4.43. The minimum atomic E-state index is 0.943. The molecule has 2 aliphatic heterocycles. The van der Waals surface area contributed by atoms with Crippen LogP contribution in [0, 0.1) is 0 Å². The summed E-state index contributed by atoms with van der Waals surface area (Å²) in [6, 6.07) is 0. The molecule has 0 unspecified atom stereocenters. The maximum absolute atomic E-state index is 3.26. The van der Waals surface area contributed by atoms with Crippen LogP contribution in [-0.2, 0) is 0 Å². The summed E-state index contributed by atoms with van der Waals surface area (Å²) in [5.74, 6) is 0. The van der Waals surface area contributed by atoms with Gasteiger partial charge in [-0.15, -0.1) is 5.53 Å². The van der Waals surface area contributed by atoms with Crippen molar-refractivity contribution in [2.24, 2.45) is 0 Å². The molecule has 4 heteroatoms. The van der Waals surface area contributed by atoms with Crippen LogP contribution in [0.2, 0.25) is 0 Å². The number of likely N-dealkylation sites (N-methyl/N-ethyl adjacent to an activating group) is 1. The summed E-state index contributed by atoms with van der Waals surface area (Å²) in [6.45, 7) is 3.03. The molecule has 2 N–H and O–H groups in total. The van der Waals surface area contributed by atoms with Gasteiger partial charge >= 0.3 is 0 Å². The third-order valence-corrected chi connectivity index (χ3v) is 1.95. The smallest absolute Gasteiger partial charge is 0.0764 e. The molecule has 0 bridgehead atoms. The lowest BCUT2D eigenvalue weighted by Gasteiger charge is -2.21. The standard InChI is InChI=1S/C9H14N4/c1-3-10-8-4-5-9-7-12(2)11-13(9)6-8/h4-7,10-11H,3H2,1-2H3. The molecule has 0 aromatic rings. The van der Waals surface area contributed by atoms with E-state index in [2.05, 4.69) is 29.9 Å². The Kier molecular flexibility index (Phi) is 1.98. The summed E-state index contributed by atoms with van der Waals surface area (Å²) in [4.78, 5) is 0.